The summed E-state index contributed by atoms with van der Waals surface area (Å²) in [6, 6.07) is 10.00. The van der Waals surface area contributed by atoms with E-state index in [-0.39, 0.29) is 6.04 Å². The van der Waals surface area contributed by atoms with Crippen molar-refractivity contribution in [2.45, 2.75) is 25.6 Å². The van der Waals surface area contributed by atoms with Gasteiger partial charge in [-0.15, -0.1) is 0 Å². The van der Waals surface area contributed by atoms with Gasteiger partial charge in [-0.25, -0.2) is 0 Å². The highest BCUT2D eigenvalue weighted by atomic mass is 16.5. The van der Waals surface area contributed by atoms with Gasteiger partial charge >= 0.3 is 0 Å². The quantitative estimate of drug-likeness (QED) is 0.691. The zero-order chi connectivity index (χ0) is 10.9. The van der Waals surface area contributed by atoms with Crippen molar-refractivity contribution in [3.05, 3.63) is 35.9 Å². The van der Waals surface area contributed by atoms with Crippen LogP contribution in [0.2, 0.25) is 0 Å². The van der Waals surface area contributed by atoms with Gasteiger partial charge in [0.25, 0.3) is 0 Å². The maximum absolute atomic E-state index is 11.1. The second-order valence-electron chi connectivity index (χ2n) is 4.20. The summed E-state index contributed by atoms with van der Waals surface area (Å²) in [5.74, 6) is 0. The van der Waals surface area contributed by atoms with Crippen LogP contribution in [-0.4, -0.2) is 23.6 Å². The number of carbonyl (C=O) groups is 1. The molecule has 0 saturated carbocycles. The topological polar surface area (TPSA) is 29.5 Å². The van der Waals surface area contributed by atoms with Crippen LogP contribution in [0.15, 0.2) is 30.3 Å². The first kappa shape index (κ1) is 10.2. The molecule has 80 valence electrons. The highest BCUT2D eigenvalue weighted by molar-refractivity contribution is 5.51. The number of ether oxygens (including phenoxy) is 1. The third kappa shape index (κ3) is 1.75. The minimum Gasteiger partial charge on any atom is -0.354 e. The summed E-state index contributed by atoms with van der Waals surface area (Å²) < 4.78 is 5.61. The van der Waals surface area contributed by atoms with Crippen LogP contribution in [0.25, 0.3) is 0 Å². The first-order valence-corrected chi connectivity index (χ1v) is 5.08. The van der Waals surface area contributed by atoms with Crippen molar-refractivity contribution in [1.82, 2.24) is 4.90 Å². The first-order valence-electron chi connectivity index (χ1n) is 5.08. The van der Waals surface area contributed by atoms with Gasteiger partial charge in [-0.1, -0.05) is 30.3 Å². The Balaban J connectivity index is 2.29. The van der Waals surface area contributed by atoms with E-state index in [1.807, 2.05) is 44.2 Å². The minimum absolute atomic E-state index is 0.0405. The van der Waals surface area contributed by atoms with Crippen molar-refractivity contribution in [1.29, 1.82) is 0 Å². The molecule has 3 nitrogen and oxygen atoms in total. The maximum atomic E-state index is 11.1. The second-order valence-corrected chi connectivity index (χ2v) is 4.20. The van der Waals surface area contributed by atoms with Crippen molar-refractivity contribution in [3.63, 3.8) is 0 Å². The Bertz CT molecular complexity index is 348. The Labute approximate surface area is 89.7 Å². The average molecular weight is 205 g/mol. The van der Waals surface area contributed by atoms with E-state index in [0.717, 1.165) is 12.0 Å². The van der Waals surface area contributed by atoms with Crippen molar-refractivity contribution >= 4 is 6.41 Å². The lowest BCUT2D eigenvalue weighted by atomic mass is 10.1. The van der Waals surface area contributed by atoms with E-state index < -0.39 is 5.72 Å². The normalized spacial score (nSPS) is 24.1. The van der Waals surface area contributed by atoms with Gasteiger partial charge in [-0.05, 0) is 19.4 Å². The zero-order valence-electron chi connectivity index (χ0n) is 9.01. The van der Waals surface area contributed by atoms with E-state index in [0.29, 0.717) is 6.61 Å². The molecule has 1 fully saturated rings. The first-order chi connectivity index (χ1) is 7.15. The predicted octanol–water partition coefficient (Wildman–Crippen LogP) is 1.95. The summed E-state index contributed by atoms with van der Waals surface area (Å²) in [7, 11) is 0. The molecular formula is C12H15NO2. The van der Waals surface area contributed by atoms with Crippen LogP contribution in [0.3, 0.4) is 0 Å². The second kappa shape index (κ2) is 3.66. The van der Waals surface area contributed by atoms with Crippen molar-refractivity contribution < 1.29 is 9.53 Å². The predicted molar refractivity (Wildman–Crippen MR) is 57.1 cm³/mol. The summed E-state index contributed by atoms with van der Waals surface area (Å²) in [6.07, 6.45) is 0.866. The van der Waals surface area contributed by atoms with Crippen LogP contribution in [0.5, 0.6) is 0 Å². The average Bonchev–Trinajstić information content (AvgIpc) is 2.54. The smallest absolute Gasteiger partial charge is 0.212 e. The van der Waals surface area contributed by atoms with E-state index in [2.05, 4.69) is 0 Å². The molecule has 0 aliphatic carbocycles. The number of rotatable bonds is 2. The molecule has 1 atom stereocenters. The maximum Gasteiger partial charge on any atom is 0.212 e. The molecule has 1 saturated heterocycles. The summed E-state index contributed by atoms with van der Waals surface area (Å²) in [5, 5.41) is 0. The van der Waals surface area contributed by atoms with E-state index in [1.165, 1.54) is 0 Å². The molecule has 0 aromatic heterocycles. The lowest BCUT2D eigenvalue weighted by Crippen LogP contribution is -2.39. The van der Waals surface area contributed by atoms with Crippen LogP contribution >= 0.6 is 0 Å². The molecule has 1 heterocycles. The molecule has 1 aliphatic heterocycles. The van der Waals surface area contributed by atoms with Crippen LogP contribution in [0, 0.1) is 0 Å². The molecule has 1 aromatic rings. The Morgan fingerprint density at radius 2 is 2.07 bits per heavy atom. The summed E-state index contributed by atoms with van der Waals surface area (Å²) in [5.41, 5.74) is 0.623. The van der Waals surface area contributed by atoms with E-state index in [9.17, 15) is 4.79 Å². The largest absolute Gasteiger partial charge is 0.354 e. The minimum atomic E-state index is -0.498. The lowest BCUT2D eigenvalue weighted by Gasteiger charge is -2.29. The zero-order valence-corrected chi connectivity index (χ0v) is 9.01. The summed E-state index contributed by atoms with van der Waals surface area (Å²) in [4.78, 5) is 12.8. The lowest BCUT2D eigenvalue weighted by molar-refractivity contribution is -0.132. The van der Waals surface area contributed by atoms with Crippen LogP contribution in [0.4, 0.5) is 0 Å². The van der Waals surface area contributed by atoms with Crippen LogP contribution in [-0.2, 0) is 9.53 Å². The number of hydrogen-bond acceptors (Lipinski definition) is 2. The van der Waals surface area contributed by atoms with Gasteiger partial charge < -0.3 is 9.64 Å². The van der Waals surface area contributed by atoms with Crippen LogP contribution in [0.1, 0.15) is 25.5 Å². The molecule has 0 bridgehead atoms. The van der Waals surface area contributed by atoms with Gasteiger partial charge in [0.15, 0.2) is 0 Å². The van der Waals surface area contributed by atoms with E-state index >= 15 is 0 Å². The number of nitrogens with zero attached hydrogens (tertiary/aromatic N) is 1. The fraction of sp³-hybridized carbons (Fsp3) is 0.417. The molecule has 0 spiro atoms. The fourth-order valence-corrected chi connectivity index (χ4v) is 1.95. The third-order valence-electron chi connectivity index (χ3n) is 2.85. The third-order valence-corrected chi connectivity index (χ3v) is 2.85. The van der Waals surface area contributed by atoms with Crippen molar-refractivity contribution in [2.24, 2.45) is 0 Å². The molecule has 0 N–H and O–H groups in total. The van der Waals surface area contributed by atoms with Crippen LogP contribution < -0.4 is 0 Å². The van der Waals surface area contributed by atoms with Gasteiger partial charge in [0.2, 0.25) is 6.41 Å². The summed E-state index contributed by atoms with van der Waals surface area (Å²) in [6.45, 7) is 4.38. The van der Waals surface area contributed by atoms with Gasteiger partial charge in [-0.3, -0.25) is 4.79 Å². The number of benzene rings is 1. The fourth-order valence-electron chi connectivity index (χ4n) is 1.95. The molecule has 0 radical (unpaired) electrons. The monoisotopic (exact) mass is 205 g/mol. The molecule has 3 heteroatoms. The Morgan fingerprint density at radius 1 is 1.40 bits per heavy atom. The molecule has 1 aliphatic rings. The van der Waals surface area contributed by atoms with Gasteiger partial charge in [0.1, 0.15) is 5.72 Å². The standard InChI is InChI=1S/C12H15NO2/c1-12(2)13(9-14)11(8-15-12)10-6-4-3-5-7-10/h3-7,9,11H,8H2,1-2H3. The Hall–Kier alpha value is -1.35. The van der Waals surface area contributed by atoms with Gasteiger partial charge in [-0.2, -0.15) is 0 Å². The van der Waals surface area contributed by atoms with E-state index in [1.54, 1.807) is 4.90 Å². The molecular weight excluding hydrogens is 190 g/mol. The van der Waals surface area contributed by atoms with Crippen molar-refractivity contribution in [3.8, 4) is 0 Å². The molecule has 15 heavy (non-hydrogen) atoms. The Kier molecular flexibility index (Phi) is 2.49. The Morgan fingerprint density at radius 3 is 2.67 bits per heavy atom. The highest BCUT2D eigenvalue weighted by Crippen LogP contribution is 2.34. The number of carbonyl (C=O) groups excluding carboxylic acids is 1. The molecule has 1 unspecified atom stereocenters. The molecule has 1 amide bonds. The SMILES string of the molecule is CC1(C)OCC(c2ccccc2)N1C=O. The number of amides is 1. The molecule has 1 aromatic carbocycles. The van der Waals surface area contributed by atoms with Gasteiger partial charge in [0, 0.05) is 0 Å². The van der Waals surface area contributed by atoms with E-state index in [4.69, 9.17) is 4.74 Å². The highest BCUT2D eigenvalue weighted by Gasteiger charge is 2.40. The van der Waals surface area contributed by atoms with Crippen molar-refractivity contribution in [2.75, 3.05) is 6.61 Å². The van der Waals surface area contributed by atoms with Gasteiger partial charge in [0.05, 0.1) is 12.6 Å². The summed E-state index contributed by atoms with van der Waals surface area (Å²) >= 11 is 0. The molecule has 2 rings (SSSR count). The number of hydrogen-bond donors (Lipinski definition) is 0.